The van der Waals surface area contributed by atoms with E-state index in [1.165, 1.54) is 12.8 Å². The van der Waals surface area contributed by atoms with Gasteiger partial charge >= 0.3 is 0 Å². The molecule has 2 nitrogen and oxygen atoms in total. The highest BCUT2D eigenvalue weighted by atomic mass is 15.0. The van der Waals surface area contributed by atoms with Gasteiger partial charge in [-0.2, -0.15) is 5.26 Å². The number of rotatable bonds is 4. The van der Waals surface area contributed by atoms with Gasteiger partial charge in [-0.1, -0.05) is 20.3 Å². The molecule has 3 unspecified atom stereocenters. The summed E-state index contributed by atoms with van der Waals surface area (Å²) in [6.07, 6.45) is 3.44. The average molecular weight is 152 g/mol. The Labute approximate surface area is 68.6 Å². The molecule has 0 aromatic carbocycles. The van der Waals surface area contributed by atoms with Gasteiger partial charge in [-0.15, -0.1) is 0 Å². The summed E-state index contributed by atoms with van der Waals surface area (Å²) in [5.41, 5.74) is 0. The Hall–Kier alpha value is -0.550. The Morgan fingerprint density at radius 2 is 2.36 bits per heavy atom. The van der Waals surface area contributed by atoms with Crippen LogP contribution in [0.1, 0.15) is 33.1 Å². The number of hydrogen-bond acceptors (Lipinski definition) is 2. The quantitative estimate of drug-likeness (QED) is 0.665. The van der Waals surface area contributed by atoms with Gasteiger partial charge in [0.05, 0.1) is 12.1 Å². The predicted molar refractivity (Wildman–Crippen MR) is 45.0 cm³/mol. The molecule has 0 radical (unpaired) electrons. The Morgan fingerprint density at radius 1 is 1.64 bits per heavy atom. The van der Waals surface area contributed by atoms with Gasteiger partial charge in [0.15, 0.2) is 0 Å². The van der Waals surface area contributed by atoms with Crippen molar-refractivity contribution in [3.05, 3.63) is 0 Å². The molecule has 1 aliphatic carbocycles. The van der Waals surface area contributed by atoms with Crippen LogP contribution in [0.15, 0.2) is 0 Å². The van der Waals surface area contributed by atoms with Gasteiger partial charge < -0.3 is 0 Å². The Bertz CT molecular complexity index is 159. The summed E-state index contributed by atoms with van der Waals surface area (Å²) in [4.78, 5) is 0. The number of nitrogens with one attached hydrogen (secondary N) is 1. The third-order valence-corrected chi connectivity index (χ3v) is 2.43. The van der Waals surface area contributed by atoms with Crippen LogP contribution in [0.3, 0.4) is 0 Å². The van der Waals surface area contributed by atoms with E-state index in [-0.39, 0.29) is 6.04 Å². The summed E-state index contributed by atoms with van der Waals surface area (Å²) in [5, 5.41) is 12.0. The molecule has 62 valence electrons. The van der Waals surface area contributed by atoms with Gasteiger partial charge in [0.2, 0.25) is 0 Å². The van der Waals surface area contributed by atoms with Crippen LogP contribution in [-0.2, 0) is 0 Å². The summed E-state index contributed by atoms with van der Waals surface area (Å²) in [6.45, 7) is 4.25. The molecule has 1 fully saturated rings. The van der Waals surface area contributed by atoms with E-state index in [4.69, 9.17) is 5.26 Å². The molecular weight excluding hydrogens is 136 g/mol. The van der Waals surface area contributed by atoms with Gasteiger partial charge in [0, 0.05) is 6.04 Å². The van der Waals surface area contributed by atoms with E-state index in [0.717, 1.165) is 12.3 Å². The molecule has 0 aromatic heterocycles. The first-order valence-electron chi connectivity index (χ1n) is 4.47. The van der Waals surface area contributed by atoms with Gasteiger partial charge in [0.1, 0.15) is 0 Å². The third kappa shape index (κ3) is 2.20. The first kappa shape index (κ1) is 8.55. The fourth-order valence-electron chi connectivity index (χ4n) is 1.41. The van der Waals surface area contributed by atoms with Crippen molar-refractivity contribution >= 4 is 0 Å². The lowest BCUT2D eigenvalue weighted by Gasteiger charge is -2.07. The van der Waals surface area contributed by atoms with E-state index in [0.29, 0.717) is 6.04 Å². The second-order valence-electron chi connectivity index (χ2n) is 3.27. The normalized spacial score (nSPS) is 31.0. The predicted octanol–water partition coefficient (Wildman–Crippen LogP) is 1.68. The molecule has 0 bridgehead atoms. The van der Waals surface area contributed by atoms with Gasteiger partial charge in [-0.05, 0) is 18.8 Å². The summed E-state index contributed by atoms with van der Waals surface area (Å²) in [6, 6.07) is 2.98. The lowest BCUT2D eigenvalue weighted by Crippen LogP contribution is -2.29. The molecule has 1 aliphatic rings. The van der Waals surface area contributed by atoms with Crippen LogP contribution < -0.4 is 5.32 Å². The molecule has 2 heteroatoms. The number of hydrogen-bond donors (Lipinski definition) is 1. The van der Waals surface area contributed by atoms with Crippen LogP contribution in [0.5, 0.6) is 0 Å². The maximum atomic E-state index is 8.65. The molecule has 0 saturated heterocycles. The SMILES string of the molecule is CCC(C#N)NC1CC1CC. The fraction of sp³-hybridized carbons (Fsp3) is 0.889. The zero-order valence-electron chi connectivity index (χ0n) is 7.30. The summed E-state index contributed by atoms with van der Waals surface area (Å²) < 4.78 is 0. The lowest BCUT2D eigenvalue weighted by molar-refractivity contribution is 0.551. The van der Waals surface area contributed by atoms with Crippen molar-refractivity contribution in [3.8, 4) is 6.07 Å². The Morgan fingerprint density at radius 3 is 2.73 bits per heavy atom. The second-order valence-corrected chi connectivity index (χ2v) is 3.27. The third-order valence-electron chi connectivity index (χ3n) is 2.43. The van der Waals surface area contributed by atoms with Crippen molar-refractivity contribution in [2.45, 2.75) is 45.2 Å². The molecule has 3 atom stereocenters. The van der Waals surface area contributed by atoms with E-state index in [9.17, 15) is 0 Å². The standard InChI is InChI=1S/C9H16N2/c1-3-7-5-9(7)11-8(4-2)6-10/h7-9,11H,3-5H2,1-2H3. The topological polar surface area (TPSA) is 35.8 Å². The monoisotopic (exact) mass is 152 g/mol. The van der Waals surface area contributed by atoms with E-state index >= 15 is 0 Å². The molecule has 1 saturated carbocycles. The van der Waals surface area contributed by atoms with Crippen molar-refractivity contribution in [1.29, 1.82) is 5.26 Å². The van der Waals surface area contributed by atoms with Crippen LogP contribution in [0.4, 0.5) is 0 Å². The van der Waals surface area contributed by atoms with Crippen LogP contribution in [-0.4, -0.2) is 12.1 Å². The molecule has 1 N–H and O–H groups in total. The van der Waals surface area contributed by atoms with E-state index in [1.54, 1.807) is 0 Å². The highest BCUT2D eigenvalue weighted by molar-refractivity contribution is 4.99. The maximum absolute atomic E-state index is 8.65. The van der Waals surface area contributed by atoms with Crippen LogP contribution >= 0.6 is 0 Å². The first-order chi connectivity index (χ1) is 5.31. The minimum absolute atomic E-state index is 0.0801. The average Bonchev–Trinajstić information content (AvgIpc) is 2.78. The maximum Gasteiger partial charge on any atom is 0.0952 e. The van der Waals surface area contributed by atoms with E-state index in [1.807, 2.05) is 6.92 Å². The number of nitrogens with zero attached hydrogens (tertiary/aromatic N) is 1. The lowest BCUT2D eigenvalue weighted by atomic mass is 10.2. The highest BCUT2D eigenvalue weighted by Gasteiger charge is 2.36. The zero-order valence-corrected chi connectivity index (χ0v) is 7.30. The summed E-state index contributed by atoms with van der Waals surface area (Å²) in [5.74, 6) is 0.845. The van der Waals surface area contributed by atoms with Crippen LogP contribution in [0, 0.1) is 17.2 Å². The second kappa shape index (κ2) is 3.73. The fourth-order valence-corrected chi connectivity index (χ4v) is 1.41. The number of nitriles is 1. The van der Waals surface area contributed by atoms with Crippen LogP contribution in [0.2, 0.25) is 0 Å². The highest BCUT2D eigenvalue weighted by Crippen LogP contribution is 2.33. The molecule has 11 heavy (non-hydrogen) atoms. The largest absolute Gasteiger partial charge is 0.299 e. The molecule has 0 aromatic rings. The molecule has 0 amide bonds. The molecular formula is C9H16N2. The van der Waals surface area contributed by atoms with Crippen molar-refractivity contribution in [1.82, 2.24) is 5.32 Å². The first-order valence-corrected chi connectivity index (χ1v) is 4.47. The van der Waals surface area contributed by atoms with E-state index in [2.05, 4.69) is 18.3 Å². The molecule has 0 heterocycles. The Kier molecular flexibility index (Phi) is 2.90. The van der Waals surface area contributed by atoms with Gasteiger partial charge in [0.25, 0.3) is 0 Å². The minimum atomic E-state index is 0.0801. The smallest absolute Gasteiger partial charge is 0.0952 e. The Balaban J connectivity index is 2.17. The van der Waals surface area contributed by atoms with E-state index < -0.39 is 0 Å². The van der Waals surface area contributed by atoms with Crippen molar-refractivity contribution < 1.29 is 0 Å². The molecule has 0 spiro atoms. The zero-order chi connectivity index (χ0) is 8.27. The van der Waals surface area contributed by atoms with Gasteiger partial charge in [-0.25, -0.2) is 0 Å². The molecule has 1 rings (SSSR count). The van der Waals surface area contributed by atoms with Crippen LogP contribution in [0.25, 0.3) is 0 Å². The minimum Gasteiger partial charge on any atom is -0.299 e. The summed E-state index contributed by atoms with van der Waals surface area (Å²) >= 11 is 0. The van der Waals surface area contributed by atoms with Crippen molar-refractivity contribution in [2.75, 3.05) is 0 Å². The molecule has 0 aliphatic heterocycles. The van der Waals surface area contributed by atoms with Gasteiger partial charge in [-0.3, -0.25) is 5.32 Å². The summed E-state index contributed by atoms with van der Waals surface area (Å²) in [7, 11) is 0. The van der Waals surface area contributed by atoms with Crippen molar-refractivity contribution in [3.63, 3.8) is 0 Å². The van der Waals surface area contributed by atoms with Crippen molar-refractivity contribution in [2.24, 2.45) is 5.92 Å².